The third-order valence-electron chi connectivity index (χ3n) is 5.32. The van der Waals surface area contributed by atoms with Gasteiger partial charge < -0.3 is 29.6 Å². The van der Waals surface area contributed by atoms with E-state index in [0.29, 0.717) is 47.2 Å². The SMILES string of the molecule is COc1ccc(O[C@@H](C)C(=O)Nc2ccccc2C(=O)NCCc2ccc(OC)c(OC)c2)cc1. The van der Waals surface area contributed by atoms with Crippen LogP contribution in [0.2, 0.25) is 0 Å². The van der Waals surface area contributed by atoms with E-state index in [-0.39, 0.29) is 11.8 Å². The second kappa shape index (κ2) is 12.3. The average Bonchev–Trinajstić information content (AvgIpc) is 2.89. The van der Waals surface area contributed by atoms with Crippen molar-refractivity contribution in [1.82, 2.24) is 5.32 Å². The van der Waals surface area contributed by atoms with Gasteiger partial charge in [-0.05, 0) is 67.4 Å². The summed E-state index contributed by atoms with van der Waals surface area (Å²) >= 11 is 0. The van der Waals surface area contributed by atoms with Crippen LogP contribution in [0.1, 0.15) is 22.8 Å². The van der Waals surface area contributed by atoms with Crippen molar-refractivity contribution in [1.29, 1.82) is 0 Å². The number of amides is 2. The Morgan fingerprint density at radius 2 is 1.51 bits per heavy atom. The van der Waals surface area contributed by atoms with Crippen molar-refractivity contribution in [3.05, 3.63) is 77.9 Å². The van der Waals surface area contributed by atoms with E-state index in [0.717, 1.165) is 5.56 Å². The Morgan fingerprint density at radius 1 is 0.829 bits per heavy atom. The van der Waals surface area contributed by atoms with Crippen molar-refractivity contribution in [2.75, 3.05) is 33.2 Å². The van der Waals surface area contributed by atoms with E-state index in [4.69, 9.17) is 18.9 Å². The van der Waals surface area contributed by atoms with Gasteiger partial charge in [0.25, 0.3) is 11.8 Å². The van der Waals surface area contributed by atoms with Crippen LogP contribution in [-0.4, -0.2) is 45.8 Å². The van der Waals surface area contributed by atoms with Gasteiger partial charge in [-0.1, -0.05) is 18.2 Å². The van der Waals surface area contributed by atoms with Gasteiger partial charge in [-0.3, -0.25) is 9.59 Å². The summed E-state index contributed by atoms with van der Waals surface area (Å²) in [5, 5.41) is 5.69. The normalized spacial score (nSPS) is 11.2. The van der Waals surface area contributed by atoms with Gasteiger partial charge in [-0.25, -0.2) is 0 Å². The second-order valence-electron chi connectivity index (χ2n) is 7.67. The van der Waals surface area contributed by atoms with E-state index in [1.54, 1.807) is 76.8 Å². The predicted molar refractivity (Wildman–Crippen MR) is 134 cm³/mol. The molecule has 0 bridgehead atoms. The molecule has 8 heteroatoms. The fourth-order valence-corrected chi connectivity index (χ4v) is 3.39. The number of anilines is 1. The molecule has 0 heterocycles. The molecule has 3 rings (SSSR count). The number of para-hydroxylation sites is 1. The van der Waals surface area contributed by atoms with Crippen LogP contribution in [0.4, 0.5) is 5.69 Å². The number of nitrogens with one attached hydrogen (secondary N) is 2. The molecule has 0 fully saturated rings. The first-order chi connectivity index (χ1) is 16.9. The molecule has 0 spiro atoms. The lowest BCUT2D eigenvalue weighted by atomic mass is 10.1. The quantitative estimate of drug-likeness (QED) is 0.431. The summed E-state index contributed by atoms with van der Waals surface area (Å²) in [5.41, 5.74) is 1.77. The number of benzene rings is 3. The van der Waals surface area contributed by atoms with Gasteiger partial charge in [-0.15, -0.1) is 0 Å². The topological polar surface area (TPSA) is 95.1 Å². The lowest BCUT2D eigenvalue weighted by molar-refractivity contribution is -0.122. The molecule has 0 aliphatic carbocycles. The minimum atomic E-state index is -0.774. The third-order valence-corrected chi connectivity index (χ3v) is 5.32. The van der Waals surface area contributed by atoms with E-state index in [2.05, 4.69) is 10.6 Å². The zero-order chi connectivity index (χ0) is 25.2. The fraction of sp³-hybridized carbons (Fsp3) is 0.259. The number of carbonyl (C=O) groups is 2. The molecule has 0 saturated heterocycles. The smallest absolute Gasteiger partial charge is 0.265 e. The van der Waals surface area contributed by atoms with Crippen molar-refractivity contribution in [3.8, 4) is 23.0 Å². The molecule has 2 N–H and O–H groups in total. The summed E-state index contributed by atoms with van der Waals surface area (Å²) in [6.45, 7) is 2.05. The van der Waals surface area contributed by atoms with E-state index in [9.17, 15) is 9.59 Å². The highest BCUT2D eigenvalue weighted by molar-refractivity contribution is 6.04. The molecule has 2 amide bonds. The fourth-order valence-electron chi connectivity index (χ4n) is 3.39. The summed E-state index contributed by atoms with van der Waals surface area (Å²) < 4.78 is 21.4. The monoisotopic (exact) mass is 478 g/mol. The van der Waals surface area contributed by atoms with Gasteiger partial charge in [0.2, 0.25) is 0 Å². The first-order valence-electron chi connectivity index (χ1n) is 11.1. The van der Waals surface area contributed by atoms with E-state index in [1.807, 2.05) is 18.2 Å². The lowest BCUT2D eigenvalue weighted by Crippen LogP contribution is -2.32. The maximum Gasteiger partial charge on any atom is 0.265 e. The van der Waals surface area contributed by atoms with Gasteiger partial charge in [-0.2, -0.15) is 0 Å². The molecule has 0 saturated carbocycles. The van der Waals surface area contributed by atoms with Crippen molar-refractivity contribution < 1.29 is 28.5 Å². The first kappa shape index (κ1) is 25.4. The number of hydrogen-bond donors (Lipinski definition) is 2. The van der Waals surface area contributed by atoms with Gasteiger partial charge in [0.1, 0.15) is 11.5 Å². The zero-order valence-electron chi connectivity index (χ0n) is 20.3. The summed E-state index contributed by atoms with van der Waals surface area (Å²) in [5.74, 6) is 1.86. The van der Waals surface area contributed by atoms with Gasteiger partial charge >= 0.3 is 0 Å². The Bertz CT molecular complexity index is 1150. The molecule has 1 atom stereocenters. The first-order valence-corrected chi connectivity index (χ1v) is 11.1. The maximum atomic E-state index is 12.8. The Labute approximate surface area is 205 Å². The van der Waals surface area contributed by atoms with Crippen LogP contribution in [-0.2, 0) is 11.2 Å². The highest BCUT2D eigenvalue weighted by Crippen LogP contribution is 2.27. The molecule has 3 aromatic carbocycles. The molecule has 0 radical (unpaired) electrons. The van der Waals surface area contributed by atoms with Crippen molar-refractivity contribution in [2.24, 2.45) is 0 Å². The molecule has 0 aliphatic rings. The highest BCUT2D eigenvalue weighted by atomic mass is 16.5. The zero-order valence-corrected chi connectivity index (χ0v) is 20.3. The molecular formula is C27H30N2O6. The van der Waals surface area contributed by atoms with E-state index < -0.39 is 6.10 Å². The number of rotatable bonds is 11. The minimum absolute atomic E-state index is 0.287. The molecule has 0 aromatic heterocycles. The van der Waals surface area contributed by atoms with Crippen molar-refractivity contribution >= 4 is 17.5 Å². The summed E-state index contributed by atoms with van der Waals surface area (Å²) in [6.07, 6.45) is -0.169. The van der Waals surface area contributed by atoms with Gasteiger partial charge in [0.05, 0.1) is 32.6 Å². The molecule has 8 nitrogen and oxygen atoms in total. The van der Waals surface area contributed by atoms with Crippen LogP contribution < -0.4 is 29.6 Å². The molecule has 0 aliphatic heterocycles. The van der Waals surface area contributed by atoms with E-state index in [1.165, 1.54) is 0 Å². The largest absolute Gasteiger partial charge is 0.497 e. The number of hydrogen-bond acceptors (Lipinski definition) is 6. The molecule has 0 unspecified atom stereocenters. The molecule has 184 valence electrons. The number of carbonyl (C=O) groups excluding carboxylic acids is 2. The Morgan fingerprint density at radius 3 is 2.20 bits per heavy atom. The van der Waals surface area contributed by atoms with Crippen molar-refractivity contribution in [2.45, 2.75) is 19.4 Å². The second-order valence-corrected chi connectivity index (χ2v) is 7.67. The Balaban J connectivity index is 1.58. The lowest BCUT2D eigenvalue weighted by Gasteiger charge is -2.17. The minimum Gasteiger partial charge on any atom is -0.497 e. The third kappa shape index (κ3) is 6.89. The summed E-state index contributed by atoms with van der Waals surface area (Å²) in [6, 6.07) is 19.4. The van der Waals surface area contributed by atoms with Crippen LogP contribution in [0.3, 0.4) is 0 Å². The summed E-state index contributed by atoms with van der Waals surface area (Å²) in [4.78, 5) is 25.5. The Hall–Kier alpha value is -4.20. The van der Waals surface area contributed by atoms with Crippen LogP contribution in [0, 0.1) is 0 Å². The highest BCUT2D eigenvalue weighted by Gasteiger charge is 2.18. The van der Waals surface area contributed by atoms with Crippen LogP contribution in [0.25, 0.3) is 0 Å². The standard InChI is InChI=1S/C27H30N2O6/c1-18(35-21-12-10-20(32-2)11-13-21)26(30)29-23-8-6-5-7-22(23)27(31)28-16-15-19-9-14-24(33-3)25(17-19)34-4/h5-14,17-18H,15-16H2,1-4H3,(H,28,31)(H,29,30)/t18-/m0/s1. The van der Waals surface area contributed by atoms with Gasteiger partial charge in [0.15, 0.2) is 17.6 Å². The predicted octanol–water partition coefficient (Wildman–Crippen LogP) is 4.09. The van der Waals surface area contributed by atoms with Crippen LogP contribution >= 0.6 is 0 Å². The average molecular weight is 479 g/mol. The molecular weight excluding hydrogens is 448 g/mol. The Kier molecular flexibility index (Phi) is 8.95. The molecule has 35 heavy (non-hydrogen) atoms. The van der Waals surface area contributed by atoms with E-state index >= 15 is 0 Å². The maximum absolute atomic E-state index is 12.8. The number of ether oxygens (including phenoxy) is 4. The van der Waals surface area contributed by atoms with Crippen LogP contribution in [0.15, 0.2) is 66.7 Å². The number of methoxy groups -OCH3 is 3. The van der Waals surface area contributed by atoms with Gasteiger partial charge in [0, 0.05) is 6.54 Å². The molecule has 3 aromatic rings. The van der Waals surface area contributed by atoms with Crippen LogP contribution in [0.5, 0.6) is 23.0 Å². The van der Waals surface area contributed by atoms with Crippen molar-refractivity contribution in [3.63, 3.8) is 0 Å². The summed E-state index contributed by atoms with van der Waals surface area (Å²) in [7, 11) is 4.74.